The minimum atomic E-state index is -5.42. The van der Waals surface area contributed by atoms with Gasteiger partial charge in [-0.3, -0.25) is 0 Å². The van der Waals surface area contributed by atoms with Gasteiger partial charge in [-0.1, -0.05) is 182 Å². The fourth-order valence-corrected chi connectivity index (χ4v) is 8.97. The molecule has 0 atom stereocenters. The molecule has 0 saturated carbocycles. The molecular weight excluding hydrogens is 720 g/mol. The van der Waals surface area contributed by atoms with Gasteiger partial charge in [0, 0.05) is 20.4 Å². The van der Waals surface area contributed by atoms with Crippen LogP contribution >= 0.6 is 15.8 Å². The van der Waals surface area contributed by atoms with Crippen molar-refractivity contribution in [2.75, 3.05) is 0 Å². The SMILES string of the molecule is F[C-](F)C(F)(F)F.[Pd].c1ccc(P(c2ccccc2)c2ccccc2)cc1.c1ccc(P(c2ccccc2)c2ccccc2)cc1. The van der Waals surface area contributed by atoms with Crippen LogP contribution in [0.15, 0.2) is 182 Å². The predicted octanol–water partition coefficient (Wildman–Crippen LogP) is 8.86. The van der Waals surface area contributed by atoms with Crippen molar-refractivity contribution in [2.45, 2.75) is 6.18 Å². The molecule has 0 unspecified atom stereocenters. The van der Waals surface area contributed by atoms with E-state index >= 15 is 0 Å². The Morgan fingerprint density at radius 2 is 0.457 bits per heavy atom. The van der Waals surface area contributed by atoms with Crippen molar-refractivity contribution in [3.8, 4) is 0 Å². The maximum atomic E-state index is 10.4. The summed E-state index contributed by atoms with van der Waals surface area (Å²) in [6, 6.07) is 64.7. The van der Waals surface area contributed by atoms with E-state index in [0.29, 0.717) is 0 Å². The van der Waals surface area contributed by atoms with E-state index in [1.807, 2.05) is 0 Å². The Morgan fingerprint density at radius 3 is 0.565 bits per heavy atom. The van der Waals surface area contributed by atoms with E-state index in [-0.39, 0.29) is 20.4 Å². The monoisotopic (exact) mass is 749 g/mol. The van der Waals surface area contributed by atoms with Crippen molar-refractivity contribution in [3.05, 3.63) is 188 Å². The molecule has 0 nitrogen and oxygen atoms in total. The number of hydrogen-bond donors (Lipinski definition) is 0. The molecule has 6 aromatic carbocycles. The number of benzene rings is 6. The second-order valence-electron chi connectivity index (χ2n) is 9.44. The molecule has 0 aliphatic heterocycles. The van der Waals surface area contributed by atoms with Crippen LogP contribution in [-0.2, 0) is 20.4 Å². The van der Waals surface area contributed by atoms with Crippen LogP contribution in [0.1, 0.15) is 0 Å². The van der Waals surface area contributed by atoms with Gasteiger partial charge in [0.15, 0.2) is 0 Å². The van der Waals surface area contributed by atoms with Gasteiger partial charge in [0.05, 0.1) is 0 Å². The molecule has 8 heteroatoms. The summed E-state index contributed by atoms with van der Waals surface area (Å²) in [5.74, 6) is 0. The summed E-state index contributed by atoms with van der Waals surface area (Å²) >= 11 is 0. The van der Waals surface area contributed by atoms with Crippen LogP contribution in [-0.4, -0.2) is 6.18 Å². The molecule has 0 amide bonds. The second kappa shape index (κ2) is 19.2. The Bertz CT molecular complexity index is 1340. The first kappa shape index (κ1) is 37.0. The van der Waals surface area contributed by atoms with Gasteiger partial charge in [-0.15, -0.1) is 0 Å². The van der Waals surface area contributed by atoms with E-state index in [1.165, 1.54) is 31.8 Å². The number of hydrogen-bond acceptors (Lipinski definition) is 0. The van der Waals surface area contributed by atoms with Crippen molar-refractivity contribution in [3.63, 3.8) is 0 Å². The minimum absolute atomic E-state index is 0. The smallest absolute Gasteiger partial charge is 0.326 e. The van der Waals surface area contributed by atoms with Crippen LogP contribution in [0.4, 0.5) is 22.0 Å². The zero-order chi connectivity index (χ0) is 31.9. The molecule has 0 fully saturated rings. The van der Waals surface area contributed by atoms with Crippen molar-refractivity contribution < 1.29 is 42.4 Å². The number of rotatable bonds is 6. The second-order valence-corrected chi connectivity index (χ2v) is 13.9. The fraction of sp³-hybridized carbons (Fsp3) is 0.0263. The molecule has 6 rings (SSSR count). The molecule has 0 aromatic heterocycles. The van der Waals surface area contributed by atoms with E-state index in [1.54, 1.807) is 0 Å². The molecule has 238 valence electrons. The van der Waals surface area contributed by atoms with E-state index in [0.717, 1.165) is 0 Å². The first-order valence-electron chi connectivity index (χ1n) is 14.0. The topological polar surface area (TPSA) is 0 Å². The maximum absolute atomic E-state index is 10.4. The van der Waals surface area contributed by atoms with Crippen molar-refractivity contribution in [1.82, 2.24) is 0 Å². The van der Waals surface area contributed by atoms with Crippen LogP contribution in [0.25, 0.3) is 0 Å². The molecule has 0 heterocycles. The Hall–Kier alpha value is -3.51. The van der Waals surface area contributed by atoms with Gasteiger partial charge >= 0.3 is 6.18 Å². The van der Waals surface area contributed by atoms with E-state index in [4.69, 9.17) is 0 Å². The van der Waals surface area contributed by atoms with Crippen molar-refractivity contribution in [2.24, 2.45) is 0 Å². The summed E-state index contributed by atoms with van der Waals surface area (Å²) in [7, 11) is -0.892. The Labute approximate surface area is 283 Å². The molecule has 0 spiro atoms. The Balaban J connectivity index is 0.000000205. The van der Waals surface area contributed by atoms with Gasteiger partial charge in [-0.2, -0.15) is 0 Å². The summed E-state index contributed by atoms with van der Waals surface area (Å²) < 4.78 is 51.8. The molecule has 0 bridgehead atoms. The summed E-state index contributed by atoms with van der Waals surface area (Å²) in [4.78, 5) is 0. The number of alkyl halides is 3. The molecular formula is C38H30F5P2Pd-. The molecule has 0 aliphatic rings. The third-order valence-electron chi connectivity index (χ3n) is 6.30. The first-order valence-corrected chi connectivity index (χ1v) is 16.7. The minimum Gasteiger partial charge on any atom is -0.412 e. The molecule has 0 radical (unpaired) electrons. The predicted molar refractivity (Wildman–Crippen MR) is 182 cm³/mol. The summed E-state index contributed by atoms with van der Waals surface area (Å²) in [6.07, 6.45) is -8.92. The van der Waals surface area contributed by atoms with Crippen molar-refractivity contribution >= 4 is 47.7 Å². The van der Waals surface area contributed by atoms with E-state index in [9.17, 15) is 22.0 Å². The van der Waals surface area contributed by atoms with Gasteiger partial charge in [0.1, 0.15) is 6.43 Å². The van der Waals surface area contributed by atoms with Gasteiger partial charge < -0.3 is 8.78 Å². The third kappa shape index (κ3) is 11.4. The standard InChI is InChI=1S/2C18H15P.C2F5.Pd/c2*1-4-10-16(11-5-1)19(17-12-6-2-7-13-17)18-14-8-3-9-15-18;3-1(4)2(5,6)7;/h2*1-15H;;/q;;-1;. The summed E-state index contributed by atoms with van der Waals surface area (Å²) in [5, 5.41) is 8.39. The largest absolute Gasteiger partial charge is 0.412 e. The van der Waals surface area contributed by atoms with Crippen LogP contribution in [0.5, 0.6) is 0 Å². The molecule has 0 saturated heterocycles. The first-order chi connectivity index (χ1) is 21.8. The molecule has 0 N–H and O–H groups in total. The van der Waals surface area contributed by atoms with Crippen LogP contribution in [0, 0.1) is 6.43 Å². The Morgan fingerprint density at radius 1 is 0.326 bits per heavy atom. The number of halogens is 5. The third-order valence-corrected chi connectivity index (χ3v) is 11.2. The van der Waals surface area contributed by atoms with E-state index in [2.05, 4.69) is 182 Å². The fourth-order valence-electron chi connectivity index (χ4n) is 4.36. The van der Waals surface area contributed by atoms with Gasteiger partial charge in [-0.25, -0.2) is 13.2 Å². The zero-order valence-electron chi connectivity index (χ0n) is 24.4. The molecule has 46 heavy (non-hydrogen) atoms. The van der Waals surface area contributed by atoms with Gasteiger partial charge in [0.25, 0.3) is 0 Å². The summed E-state index contributed by atoms with van der Waals surface area (Å²) in [6.45, 7) is 0. The average Bonchev–Trinajstić information content (AvgIpc) is 3.08. The van der Waals surface area contributed by atoms with Gasteiger partial charge in [0.2, 0.25) is 0 Å². The molecule has 0 aliphatic carbocycles. The van der Waals surface area contributed by atoms with E-state index < -0.39 is 28.4 Å². The maximum Gasteiger partial charge on any atom is 0.326 e. The van der Waals surface area contributed by atoms with Crippen LogP contribution in [0.3, 0.4) is 0 Å². The van der Waals surface area contributed by atoms with Gasteiger partial charge in [-0.05, 0) is 47.7 Å². The zero-order valence-corrected chi connectivity index (χ0v) is 27.8. The normalized spacial score (nSPS) is 10.7. The Kier molecular flexibility index (Phi) is 15.4. The average molecular weight is 750 g/mol. The van der Waals surface area contributed by atoms with Crippen LogP contribution in [0.2, 0.25) is 0 Å². The summed E-state index contributed by atoms with van der Waals surface area (Å²) in [5.41, 5.74) is 0. The van der Waals surface area contributed by atoms with Crippen molar-refractivity contribution in [1.29, 1.82) is 0 Å². The molecule has 6 aromatic rings. The quantitative estimate of drug-likeness (QED) is 0.0692. The van der Waals surface area contributed by atoms with Crippen LogP contribution < -0.4 is 31.8 Å².